The molecule has 142 valence electrons. The van der Waals surface area contributed by atoms with Crippen molar-refractivity contribution in [1.82, 2.24) is 10.6 Å². The molecule has 0 bridgehead atoms. The van der Waals surface area contributed by atoms with Crippen molar-refractivity contribution in [3.63, 3.8) is 0 Å². The normalized spacial score (nSPS) is 13.3. The smallest absolute Gasteiger partial charge is 0.251 e. The molecule has 0 fully saturated rings. The maximum atomic E-state index is 12.4. The first-order chi connectivity index (χ1) is 13.0. The van der Waals surface area contributed by atoms with E-state index >= 15 is 0 Å². The summed E-state index contributed by atoms with van der Waals surface area (Å²) in [4.78, 5) is 24.7. The second-order valence-corrected chi connectivity index (χ2v) is 6.91. The van der Waals surface area contributed by atoms with Crippen molar-refractivity contribution in [3.8, 4) is 11.5 Å². The van der Waals surface area contributed by atoms with Gasteiger partial charge in [0.2, 0.25) is 12.7 Å². The van der Waals surface area contributed by atoms with Gasteiger partial charge in [-0.05, 0) is 36.1 Å². The second-order valence-electron chi connectivity index (χ2n) is 6.91. The average Bonchev–Trinajstić information content (AvgIpc) is 3.13. The van der Waals surface area contributed by atoms with E-state index in [0.29, 0.717) is 23.0 Å². The number of fused-ring (bicyclic) bond motifs is 1. The molecule has 1 aliphatic rings. The molecule has 1 aliphatic heterocycles. The average molecular weight is 368 g/mol. The fourth-order valence-corrected chi connectivity index (χ4v) is 2.98. The Morgan fingerprint density at radius 2 is 1.78 bits per heavy atom. The van der Waals surface area contributed by atoms with Crippen LogP contribution in [0.2, 0.25) is 0 Å². The highest BCUT2D eigenvalue weighted by molar-refractivity contribution is 5.97. The van der Waals surface area contributed by atoms with E-state index in [1.54, 1.807) is 18.2 Å². The molecule has 0 unspecified atom stereocenters. The van der Waals surface area contributed by atoms with E-state index in [-0.39, 0.29) is 31.2 Å². The van der Waals surface area contributed by atoms with Gasteiger partial charge in [0.25, 0.3) is 5.91 Å². The van der Waals surface area contributed by atoms with Crippen molar-refractivity contribution < 1.29 is 19.1 Å². The number of ether oxygens (including phenoxy) is 2. The zero-order valence-electron chi connectivity index (χ0n) is 15.5. The van der Waals surface area contributed by atoms with Gasteiger partial charge >= 0.3 is 0 Å². The summed E-state index contributed by atoms with van der Waals surface area (Å²) in [5.74, 6) is 1.03. The summed E-state index contributed by atoms with van der Waals surface area (Å²) in [6, 6.07) is 14.7. The molecule has 0 radical (unpaired) electrons. The van der Waals surface area contributed by atoms with Crippen LogP contribution >= 0.6 is 0 Å². The lowest BCUT2D eigenvalue weighted by molar-refractivity contribution is -0.121. The van der Waals surface area contributed by atoms with Gasteiger partial charge in [-0.25, -0.2) is 0 Å². The Labute approximate surface area is 158 Å². The number of carbonyl (C=O) groups is 2. The van der Waals surface area contributed by atoms with Gasteiger partial charge in [0.1, 0.15) is 0 Å². The standard InChI is InChI=1S/C21H24N2O4/c1-14(2)10-17(15-6-4-3-5-7-15)23-20(24)12-22-21(25)16-8-9-18-19(11-16)27-13-26-18/h3-9,11,14,17H,10,12-13H2,1-2H3,(H,22,25)(H,23,24)/t17-/m1/s1. The predicted octanol–water partition coefficient (Wildman–Crippen LogP) is 3.05. The second kappa shape index (κ2) is 8.58. The van der Waals surface area contributed by atoms with Crippen molar-refractivity contribution in [1.29, 1.82) is 0 Å². The molecule has 0 spiro atoms. The van der Waals surface area contributed by atoms with Crippen molar-refractivity contribution in [2.24, 2.45) is 5.92 Å². The summed E-state index contributed by atoms with van der Waals surface area (Å²) >= 11 is 0. The molecular formula is C21H24N2O4. The van der Waals surface area contributed by atoms with Gasteiger partial charge in [0.05, 0.1) is 12.6 Å². The first kappa shape index (κ1) is 18.8. The highest BCUT2D eigenvalue weighted by Gasteiger charge is 2.18. The number of carbonyl (C=O) groups excluding carboxylic acids is 2. The van der Waals surface area contributed by atoms with E-state index in [9.17, 15) is 9.59 Å². The quantitative estimate of drug-likeness (QED) is 0.788. The third-order valence-corrected chi connectivity index (χ3v) is 4.29. The fraction of sp³-hybridized carbons (Fsp3) is 0.333. The zero-order chi connectivity index (χ0) is 19.2. The van der Waals surface area contributed by atoms with E-state index < -0.39 is 0 Å². The fourth-order valence-electron chi connectivity index (χ4n) is 2.98. The molecule has 2 aromatic rings. The number of benzene rings is 2. The van der Waals surface area contributed by atoms with Crippen LogP contribution in [0.25, 0.3) is 0 Å². The Morgan fingerprint density at radius 1 is 1.04 bits per heavy atom. The molecule has 3 rings (SSSR count). The number of hydrogen-bond donors (Lipinski definition) is 2. The van der Waals surface area contributed by atoms with Gasteiger partial charge in [-0.2, -0.15) is 0 Å². The number of amides is 2. The van der Waals surface area contributed by atoms with Crippen molar-refractivity contribution >= 4 is 11.8 Å². The lowest BCUT2D eigenvalue weighted by atomic mass is 9.97. The number of rotatable bonds is 7. The molecule has 1 atom stereocenters. The summed E-state index contributed by atoms with van der Waals surface area (Å²) in [6.07, 6.45) is 0.825. The maximum Gasteiger partial charge on any atom is 0.251 e. The lowest BCUT2D eigenvalue weighted by Gasteiger charge is -2.21. The van der Waals surface area contributed by atoms with E-state index in [4.69, 9.17) is 9.47 Å². The Balaban J connectivity index is 1.56. The van der Waals surface area contributed by atoms with E-state index in [1.165, 1.54) is 0 Å². The van der Waals surface area contributed by atoms with Crippen LogP contribution in [0.3, 0.4) is 0 Å². The third kappa shape index (κ3) is 5.00. The molecule has 0 saturated carbocycles. The summed E-state index contributed by atoms with van der Waals surface area (Å²) in [6.45, 7) is 4.29. The van der Waals surface area contributed by atoms with Crippen LogP contribution in [-0.4, -0.2) is 25.2 Å². The largest absolute Gasteiger partial charge is 0.454 e. The van der Waals surface area contributed by atoms with Gasteiger partial charge in [-0.1, -0.05) is 44.2 Å². The van der Waals surface area contributed by atoms with Gasteiger partial charge in [-0.3, -0.25) is 9.59 Å². The topological polar surface area (TPSA) is 76.7 Å². The summed E-state index contributed by atoms with van der Waals surface area (Å²) < 4.78 is 10.5. The van der Waals surface area contributed by atoms with Gasteiger partial charge in [-0.15, -0.1) is 0 Å². The minimum atomic E-state index is -0.330. The number of hydrogen-bond acceptors (Lipinski definition) is 4. The molecule has 2 aromatic carbocycles. The molecular weight excluding hydrogens is 344 g/mol. The van der Waals surface area contributed by atoms with Crippen molar-refractivity contribution in [2.45, 2.75) is 26.3 Å². The van der Waals surface area contributed by atoms with Gasteiger partial charge < -0.3 is 20.1 Å². The lowest BCUT2D eigenvalue weighted by Crippen LogP contribution is -2.39. The Bertz CT molecular complexity index is 805. The molecule has 0 aliphatic carbocycles. The van der Waals surface area contributed by atoms with Crippen LogP contribution in [0.4, 0.5) is 0 Å². The van der Waals surface area contributed by atoms with Gasteiger partial charge in [0.15, 0.2) is 11.5 Å². The summed E-state index contributed by atoms with van der Waals surface area (Å²) in [7, 11) is 0. The molecule has 27 heavy (non-hydrogen) atoms. The van der Waals surface area contributed by atoms with Crippen molar-refractivity contribution in [3.05, 3.63) is 59.7 Å². The van der Waals surface area contributed by atoms with Gasteiger partial charge in [0, 0.05) is 5.56 Å². The van der Waals surface area contributed by atoms with E-state index in [0.717, 1.165) is 12.0 Å². The third-order valence-electron chi connectivity index (χ3n) is 4.29. The van der Waals surface area contributed by atoms with Crippen LogP contribution in [0.15, 0.2) is 48.5 Å². The molecule has 2 amide bonds. The van der Waals surface area contributed by atoms with Crippen LogP contribution in [0, 0.1) is 5.92 Å². The Kier molecular flexibility index (Phi) is 5.96. The Hall–Kier alpha value is -3.02. The van der Waals surface area contributed by atoms with Crippen LogP contribution in [0.5, 0.6) is 11.5 Å². The highest BCUT2D eigenvalue weighted by atomic mass is 16.7. The van der Waals surface area contributed by atoms with Crippen LogP contribution in [-0.2, 0) is 4.79 Å². The molecule has 6 nitrogen and oxygen atoms in total. The summed E-state index contributed by atoms with van der Waals surface area (Å²) in [5, 5.41) is 5.67. The minimum Gasteiger partial charge on any atom is -0.454 e. The first-order valence-electron chi connectivity index (χ1n) is 9.05. The van der Waals surface area contributed by atoms with Crippen LogP contribution in [0.1, 0.15) is 42.2 Å². The zero-order valence-corrected chi connectivity index (χ0v) is 15.5. The van der Waals surface area contributed by atoms with E-state index in [1.807, 2.05) is 30.3 Å². The van der Waals surface area contributed by atoms with E-state index in [2.05, 4.69) is 24.5 Å². The SMILES string of the molecule is CC(C)C[C@@H](NC(=O)CNC(=O)c1ccc2c(c1)OCO2)c1ccccc1. The van der Waals surface area contributed by atoms with Crippen molar-refractivity contribution in [2.75, 3.05) is 13.3 Å². The number of nitrogens with one attached hydrogen (secondary N) is 2. The first-order valence-corrected chi connectivity index (χ1v) is 9.05. The molecule has 6 heteroatoms. The minimum absolute atomic E-state index is 0.0823. The molecule has 0 aromatic heterocycles. The summed E-state index contributed by atoms with van der Waals surface area (Å²) in [5.41, 5.74) is 1.48. The molecule has 2 N–H and O–H groups in total. The molecule has 1 heterocycles. The Morgan fingerprint density at radius 3 is 2.52 bits per heavy atom. The monoisotopic (exact) mass is 368 g/mol. The molecule has 0 saturated heterocycles. The van der Waals surface area contributed by atoms with Crippen LogP contribution < -0.4 is 20.1 Å². The highest BCUT2D eigenvalue weighted by Crippen LogP contribution is 2.32. The predicted molar refractivity (Wildman–Crippen MR) is 102 cm³/mol. The maximum absolute atomic E-state index is 12.4.